The number of carbonyl (C=O) groups is 1. The van der Waals surface area contributed by atoms with Crippen LogP contribution in [0.5, 0.6) is 0 Å². The first kappa shape index (κ1) is 12.5. The van der Waals surface area contributed by atoms with Gasteiger partial charge in [0, 0.05) is 0 Å². The van der Waals surface area contributed by atoms with Gasteiger partial charge in [0.25, 0.3) is 0 Å². The quantitative estimate of drug-likeness (QED) is 0.709. The molecule has 0 aromatic heterocycles. The summed E-state index contributed by atoms with van der Waals surface area (Å²) in [5, 5.41) is 9.77. The van der Waals surface area contributed by atoms with Crippen molar-refractivity contribution in [3.05, 3.63) is 0 Å². The molecule has 88 valence electrons. The normalized spacial score (nSPS) is 21.3. The summed E-state index contributed by atoms with van der Waals surface area (Å²) in [6.45, 7) is 6.90. The maximum Gasteiger partial charge on any atom is 0.239 e. The van der Waals surface area contributed by atoms with Crippen LogP contribution in [0.2, 0.25) is 0 Å². The summed E-state index contributed by atoms with van der Waals surface area (Å²) in [5.41, 5.74) is 5.13. The van der Waals surface area contributed by atoms with Gasteiger partial charge in [0.05, 0.1) is 24.7 Å². The fourth-order valence-electron chi connectivity index (χ4n) is 1.89. The number of hydrogen-bond donors (Lipinski definition) is 2. The topological polar surface area (TPSA) is 66.6 Å². The van der Waals surface area contributed by atoms with Crippen LogP contribution in [0.25, 0.3) is 0 Å². The lowest BCUT2D eigenvalue weighted by Gasteiger charge is -2.47. The van der Waals surface area contributed by atoms with Crippen molar-refractivity contribution in [2.75, 3.05) is 13.1 Å². The predicted molar refractivity (Wildman–Crippen MR) is 59.3 cm³/mol. The zero-order valence-corrected chi connectivity index (χ0v) is 9.86. The molecule has 0 aromatic rings. The molecule has 0 saturated carbocycles. The largest absolute Gasteiger partial charge is 0.386 e. The van der Waals surface area contributed by atoms with Gasteiger partial charge in [-0.15, -0.1) is 0 Å². The zero-order valence-electron chi connectivity index (χ0n) is 9.86. The van der Waals surface area contributed by atoms with Crippen LogP contribution in [-0.2, 0) is 4.79 Å². The fourth-order valence-corrected chi connectivity index (χ4v) is 1.89. The molecule has 1 aliphatic rings. The lowest BCUT2D eigenvalue weighted by Crippen LogP contribution is -2.65. The van der Waals surface area contributed by atoms with E-state index < -0.39 is 11.6 Å². The van der Waals surface area contributed by atoms with Crippen molar-refractivity contribution in [3.8, 4) is 0 Å². The van der Waals surface area contributed by atoms with Gasteiger partial charge in [0.2, 0.25) is 5.91 Å². The number of carbonyl (C=O) groups excluding carboxylic acids is 1. The Morgan fingerprint density at radius 2 is 2.07 bits per heavy atom. The number of aliphatic hydroxyl groups is 1. The Bertz CT molecular complexity index is 235. The van der Waals surface area contributed by atoms with Crippen LogP contribution in [0.4, 0.5) is 0 Å². The Hall–Kier alpha value is -0.610. The maximum atomic E-state index is 11.8. The van der Waals surface area contributed by atoms with E-state index in [1.165, 1.54) is 0 Å². The van der Waals surface area contributed by atoms with Crippen LogP contribution in [0, 0.1) is 5.92 Å². The SMILES string of the molecule is CCC1(O)CN(C(=O)[C@H](N)CC(C)C)C1. The summed E-state index contributed by atoms with van der Waals surface area (Å²) in [6, 6.07) is -0.411. The van der Waals surface area contributed by atoms with Crippen molar-refractivity contribution in [1.29, 1.82) is 0 Å². The zero-order chi connectivity index (χ0) is 11.6. The molecular weight excluding hydrogens is 192 g/mol. The van der Waals surface area contributed by atoms with Crippen molar-refractivity contribution >= 4 is 5.91 Å². The van der Waals surface area contributed by atoms with Crippen molar-refractivity contribution in [3.63, 3.8) is 0 Å². The first-order chi connectivity index (χ1) is 6.88. The molecule has 4 nitrogen and oxygen atoms in total. The van der Waals surface area contributed by atoms with Crippen molar-refractivity contribution < 1.29 is 9.90 Å². The molecule has 0 spiro atoms. The summed E-state index contributed by atoms with van der Waals surface area (Å²) < 4.78 is 0. The molecule has 1 aliphatic heterocycles. The Morgan fingerprint density at radius 1 is 1.53 bits per heavy atom. The smallest absolute Gasteiger partial charge is 0.239 e. The Balaban J connectivity index is 2.37. The molecule has 15 heavy (non-hydrogen) atoms. The monoisotopic (exact) mass is 214 g/mol. The van der Waals surface area contributed by atoms with E-state index in [0.717, 1.165) is 0 Å². The van der Waals surface area contributed by atoms with Gasteiger partial charge in [-0.1, -0.05) is 20.8 Å². The van der Waals surface area contributed by atoms with Crippen molar-refractivity contribution in [2.24, 2.45) is 11.7 Å². The number of β-amino-alcohol motifs (C(OH)–C–C–N with tert-alkyl or cyclic N) is 1. The van der Waals surface area contributed by atoms with Gasteiger partial charge >= 0.3 is 0 Å². The molecule has 1 rings (SSSR count). The highest BCUT2D eigenvalue weighted by atomic mass is 16.3. The minimum absolute atomic E-state index is 0.0261. The van der Waals surface area contributed by atoms with E-state index in [-0.39, 0.29) is 5.91 Å². The molecule has 0 aliphatic carbocycles. The molecular formula is C11H22N2O2. The van der Waals surface area contributed by atoms with E-state index in [1.807, 2.05) is 20.8 Å². The average molecular weight is 214 g/mol. The highest BCUT2D eigenvalue weighted by Crippen LogP contribution is 2.24. The minimum atomic E-state index is -0.660. The third-order valence-corrected chi connectivity index (χ3v) is 2.98. The maximum absolute atomic E-state index is 11.8. The van der Waals surface area contributed by atoms with Crippen LogP contribution in [-0.4, -0.2) is 40.6 Å². The molecule has 4 heteroatoms. The van der Waals surface area contributed by atoms with Gasteiger partial charge in [0.15, 0.2) is 0 Å². The van der Waals surface area contributed by atoms with Crippen LogP contribution in [0.15, 0.2) is 0 Å². The molecule has 1 heterocycles. The van der Waals surface area contributed by atoms with Crippen LogP contribution in [0.3, 0.4) is 0 Å². The molecule has 0 aromatic carbocycles. The number of nitrogens with zero attached hydrogens (tertiary/aromatic N) is 1. The van der Waals surface area contributed by atoms with Crippen LogP contribution >= 0.6 is 0 Å². The summed E-state index contributed by atoms with van der Waals surface area (Å²) >= 11 is 0. The third kappa shape index (κ3) is 2.92. The minimum Gasteiger partial charge on any atom is -0.386 e. The lowest BCUT2D eigenvalue weighted by molar-refractivity contribution is -0.157. The molecule has 0 bridgehead atoms. The molecule has 1 amide bonds. The number of amides is 1. The van der Waals surface area contributed by atoms with E-state index in [9.17, 15) is 9.90 Å². The van der Waals surface area contributed by atoms with Crippen LogP contribution in [0.1, 0.15) is 33.6 Å². The molecule has 1 saturated heterocycles. The number of hydrogen-bond acceptors (Lipinski definition) is 3. The second-order valence-electron chi connectivity index (χ2n) is 5.01. The average Bonchev–Trinajstić information content (AvgIpc) is 2.10. The van der Waals surface area contributed by atoms with Crippen molar-refractivity contribution in [2.45, 2.75) is 45.3 Å². The standard InChI is InChI=1S/C11H22N2O2/c1-4-11(15)6-13(7-11)10(14)9(12)5-8(2)3/h8-9,15H,4-7,12H2,1-3H3/t9-/m1/s1. The summed E-state index contributed by atoms with van der Waals surface area (Å²) in [5.74, 6) is 0.400. The number of rotatable bonds is 4. The first-order valence-corrected chi connectivity index (χ1v) is 5.64. The molecule has 3 N–H and O–H groups in total. The highest BCUT2D eigenvalue weighted by molar-refractivity contribution is 5.82. The lowest BCUT2D eigenvalue weighted by atomic mass is 9.90. The van der Waals surface area contributed by atoms with Crippen LogP contribution < -0.4 is 5.73 Å². The van der Waals surface area contributed by atoms with Gasteiger partial charge in [-0.3, -0.25) is 4.79 Å². The third-order valence-electron chi connectivity index (χ3n) is 2.98. The molecule has 0 radical (unpaired) electrons. The van der Waals surface area contributed by atoms with E-state index in [2.05, 4.69) is 0 Å². The number of likely N-dealkylation sites (tertiary alicyclic amines) is 1. The molecule has 1 atom stereocenters. The van der Waals surface area contributed by atoms with E-state index in [1.54, 1.807) is 4.90 Å². The fraction of sp³-hybridized carbons (Fsp3) is 0.909. The summed E-state index contributed by atoms with van der Waals surface area (Å²) in [7, 11) is 0. The second-order valence-corrected chi connectivity index (χ2v) is 5.01. The molecule has 0 unspecified atom stereocenters. The van der Waals surface area contributed by atoms with Gasteiger partial charge in [-0.2, -0.15) is 0 Å². The highest BCUT2D eigenvalue weighted by Gasteiger charge is 2.43. The number of nitrogens with two attached hydrogens (primary N) is 1. The predicted octanol–water partition coefficient (Wildman–Crippen LogP) is 0.343. The first-order valence-electron chi connectivity index (χ1n) is 5.64. The van der Waals surface area contributed by atoms with Crippen molar-refractivity contribution in [1.82, 2.24) is 4.90 Å². The van der Waals surface area contributed by atoms with E-state index >= 15 is 0 Å². The molecule has 1 fully saturated rings. The van der Waals surface area contributed by atoms with Gasteiger partial charge in [-0.05, 0) is 18.8 Å². The Morgan fingerprint density at radius 3 is 2.47 bits per heavy atom. The Kier molecular flexibility index (Phi) is 3.73. The summed E-state index contributed by atoms with van der Waals surface area (Å²) in [4.78, 5) is 13.4. The van der Waals surface area contributed by atoms with Gasteiger partial charge in [-0.25, -0.2) is 0 Å². The second kappa shape index (κ2) is 4.49. The van der Waals surface area contributed by atoms with E-state index in [0.29, 0.717) is 31.8 Å². The van der Waals surface area contributed by atoms with Gasteiger partial charge in [0.1, 0.15) is 0 Å². The Labute approximate surface area is 91.4 Å². The van der Waals surface area contributed by atoms with E-state index in [4.69, 9.17) is 5.73 Å². The summed E-state index contributed by atoms with van der Waals surface area (Å²) in [6.07, 6.45) is 1.40. The van der Waals surface area contributed by atoms with Gasteiger partial charge < -0.3 is 15.7 Å².